The zero-order valence-corrected chi connectivity index (χ0v) is 16.4. The first-order chi connectivity index (χ1) is 14.5. The van der Waals surface area contributed by atoms with Crippen molar-refractivity contribution in [1.29, 1.82) is 5.41 Å². The maximum Gasteiger partial charge on any atom is 0.441 e. The lowest BCUT2D eigenvalue weighted by atomic mass is 10.1. The number of fused-ring (bicyclic) bond motifs is 1. The highest BCUT2D eigenvalue weighted by Gasteiger charge is 2.46. The molecule has 2 aliphatic rings. The van der Waals surface area contributed by atoms with Gasteiger partial charge >= 0.3 is 6.18 Å². The average Bonchev–Trinajstić information content (AvgIpc) is 3.32. The van der Waals surface area contributed by atoms with Crippen LogP contribution < -0.4 is 0 Å². The molecule has 1 aromatic heterocycles. The van der Waals surface area contributed by atoms with Gasteiger partial charge in [-0.15, -0.1) is 0 Å². The Kier molecular flexibility index (Phi) is 4.94. The van der Waals surface area contributed by atoms with Gasteiger partial charge in [0.05, 0.1) is 10.5 Å². The van der Waals surface area contributed by atoms with E-state index in [2.05, 4.69) is 10.1 Å². The molecule has 31 heavy (non-hydrogen) atoms. The molecule has 2 aliphatic heterocycles. The Hall–Kier alpha value is -3.45. The number of hydrogen-bond acceptors (Lipinski definition) is 7. The van der Waals surface area contributed by atoms with Crippen molar-refractivity contribution in [3.8, 4) is 11.3 Å². The van der Waals surface area contributed by atoms with Gasteiger partial charge in [-0.05, 0) is 42.1 Å². The molecule has 1 N–H and O–H groups in total. The van der Waals surface area contributed by atoms with Gasteiger partial charge < -0.3 is 4.42 Å². The molecule has 2 aromatic rings. The van der Waals surface area contributed by atoms with Gasteiger partial charge in [0.25, 0.3) is 11.6 Å². The van der Waals surface area contributed by atoms with Crippen LogP contribution in [0.5, 0.6) is 0 Å². The van der Waals surface area contributed by atoms with Gasteiger partial charge in [-0.25, -0.2) is 0 Å². The summed E-state index contributed by atoms with van der Waals surface area (Å²) in [6, 6.07) is 6.91. The van der Waals surface area contributed by atoms with Gasteiger partial charge in [0, 0.05) is 11.6 Å². The van der Waals surface area contributed by atoms with E-state index in [1.54, 1.807) is 0 Å². The monoisotopic (exact) mass is 469 g/mol. The number of alkyl halides is 3. The molecule has 0 saturated carbocycles. The number of carbonyl (C=O) groups is 1. The fraction of sp³-hybridized carbons (Fsp3) is 0.0588. The van der Waals surface area contributed by atoms with E-state index in [4.69, 9.17) is 21.4 Å². The Bertz CT molecular complexity index is 1250. The third kappa shape index (κ3) is 3.84. The van der Waals surface area contributed by atoms with E-state index < -0.39 is 27.9 Å². The second-order valence-electron chi connectivity index (χ2n) is 6.05. The zero-order chi connectivity index (χ0) is 22.5. The molecule has 0 saturated heterocycles. The van der Waals surface area contributed by atoms with E-state index >= 15 is 0 Å². The number of halogens is 4. The number of hydrazone groups is 1. The van der Waals surface area contributed by atoms with Crippen molar-refractivity contribution in [2.75, 3.05) is 0 Å². The van der Waals surface area contributed by atoms with Crippen LogP contribution in [0.15, 0.2) is 50.4 Å². The lowest BCUT2D eigenvalue weighted by Crippen LogP contribution is -2.35. The van der Waals surface area contributed by atoms with Crippen molar-refractivity contribution in [2.45, 2.75) is 6.18 Å². The number of nitrogens with zero attached hydrogens (tertiary/aromatic N) is 4. The third-order valence-corrected chi connectivity index (χ3v) is 5.31. The number of rotatable bonds is 3. The summed E-state index contributed by atoms with van der Waals surface area (Å²) in [5.41, 5.74) is -0.326. The summed E-state index contributed by atoms with van der Waals surface area (Å²) < 4.78 is 44.2. The number of furan rings is 1. The van der Waals surface area contributed by atoms with Crippen molar-refractivity contribution >= 4 is 57.1 Å². The molecule has 0 radical (unpaired) electrons. The lowest BCUT2D eigenvalue weighted by Gasteiger charge is -2.19. The Morgan fingerprint density at radius 2 is 2.03 bits per heavy atom. The SMILES string of the molecule is N=C1/C(=C/c2ccc(-c3ccc(Cl)c([N+](=O)[O-])c3)o2)C(=O)N=C2SC(C(F)(F)F)=NN12. The minimum Gasteiger partial charge on any atom is -0.457 e. The quantitative estimate of drug-likeness (QED) is 0.395. The normalized spacial score (nSPS) is 17.7. The second-order valence-corrected chi connectivity index (χ2v) is 7.41. The number of carbonyl (C=O) groups excluding carboxylic acids is 1. The van der Waals surface area contributed by atoms with E-state index in [1.165, 1.54) is 30.3 Å². The first-order valence-corrected chi connectivity index (χ1v) is 9.35. The number of nitro groups is 1. The van der Waals surface area contributed by atoms with Crippen molar-refractivity contribution in [3.63, 3.8) is 0 Å². The molecule has 14 heteroatoms. The standard InChI is InChI=1S/C17H7ClF3N5O4S/c18-10-3-1-7(5-11(10)26(28)29)12-4-2-8(30-12)6-9-13(22)25-16(23-14(9)27)31-15(24-25)17(19,20)21/h1-6,22H/b9-6-,22-13?. The summed E-state index contributed by atoms with van der Waals surface area (Å²) in [6.45, 7) is 0. The van der Waals surface area contributed by atoms with Crippen LogP contribution in [0, 0.1) is 15.5 Å². The molecule has 3 heterocycles. The minimum absolute atomic E-state index is 0.0557. The fourth-order valence-electron chi connectivity index (χ4n) is 2.64. The van der Waals surface area contributed by atoms with Crippen LogP contribution in [0.25, 0.3) is 17.4 Å². The highest BCUT2D eigenvalue weighted by atomic mass is 35.5. The van der Waals surface area contributed by atoms with Crippen molar-refractivity contribution in [1.82, 2.24) is 5.01 Å². The van der Waals surface area contributed by atoms with Crippen LogP contribution in [0.2, 0.25) is 5.02 Å². The molecular formula is C17H7ClF3N5O4S. The molecular weight excluding hydrogens is 463 g/mol. The van der Waals surface area contributed by atoms with Gasteiger partial charge in [0.15, 0.2) is 5.84 Å². The van der Waals surface area contributed by atoms with Crippen LogP contribution in [0.1, 0.15) is 5.76 Å². The summed E-state index contributed by atoms with van der Waals surface area (Å²) in [6.07, 6.45) is -3.61. The number of amides is 1. The first-order valence-electron chi connectivity index (χ1n) is 8.16. The summed E-state index contributed by atoms with van der Waals surface area (Å²) in [5.74, 6) is -1.24. The smallest absolute Gasteiger partial charge is 0.441 e. The van der Waals surface area contributed by atoms with E-state index in [-0.39, 0.29) is 44.7 Å². The Morgan fingerprint density at radius 1 is 1.29 bits per heavy atom. The molecule has 1 aromatic carbocycles. The number of nitrogens with one attached hydrogen (secondary N) is 1. The van der Waals surface area contributed by atoms with Crippen LogP contribution in [-0.4, -0.2) is 38.1 Å². The van der Waals surface area contributed by atoms with E-state index in [9.17, 15) is 28.1 Å². The zero-order valence-electron chi connectivity index (χ0n) is 14.8. The fourth-order valence-corrected chi connectivity index (χ4v) is 3.59. The average molecular weight is 470 g/mol. The van der Waals surface area contributed by atoms with Gasteiger partial charge in [-0.2, -0.15) is 28.3 Å². The highest BCUT2D eigenvalue weighted by Crippen LogP contribution is 2.36. The van der Waals surface area contributed by atoms with Crippen molar-refractivity contribution in [3.05, 3.63) is 56.8 Å². The largest absolute Gasteiger partial charge is 0.457 e. The molecule has 0 fully saturated rings. The Balaban J connectivity index is 1.65. The summed E-state index contributed by atoms with van der Waals surface area (Å²) in [7, 11) is 0. The number of aliphatic imine (C=N–C) groups is 1. The summed E-state index contributed by atoms with van der Waals surface area (Å²) in [5, 5.41) is 21.4. The second kappa shape index (κ2) is 7.35. The van der Waals surface area contributed by atoms with Gasteiger partial charge in [0.2, 0.25) is 10.2 Å². The molecule has 0 spiro atoms. The maximum atomic E-state index is 12.9. The van der Waals surface area contributed by atoms with Crippen molar-refractivity contribution in [2.24, 2.45) is 10.1 Å². The molecule has 158 valence electrons. The summed E-state index contributed by atoms with van der Waals surface area (Å²) in [4.78, 5) is 26.2. The van der Waals surface area contributed by atoms with E-state index in [0.29, 0.717) is 10.6 Å². The van der Waals surface area contributed by atoms with E-state index in [1.807, 2.05) is 0 Å². The van der Waals surface area contributed by atoms with Crippen LogP contribution in [0.3, 0.4) is 0 Å². The van der Waals surface area contributed by atoms with Crippen LogP contribution in [0.4, 0.5) is 18.9 Å². The summed E-state index contributed by atoms with van der Waals surface area (Å²) >= 11 is 5.93. The molecule has 0 unspecified atom stereocenters. The number of benzene rings is 1. The van der Waals surface area contributed by atoms with Gasteiger partial charge in [-0.3, -0.25) is 20.3 Å². The maximum absolute atomic E-state index is 12.9. The molecule has 0 bridgehead atoms. The van der Waals surface area contributed by atoms with E-state index in [0.717, 1.165) is 6.08 Å². The minimum atomic E-state index is -4.74. The topological polar surface area (TPSA) is 125 Å². The Labute approximate surface area is 179 Å². The molecule has 1 amide bonds. The van der Waals surface area contributed by atoms with Crippen LogP contribution >= 0.6 is 23.4 Å². The predicted molar refractivity (Wildman–Crippen MR) is 107 cm³/mol. The molecule has 0 atom stereocenters. The molecule has 4 rings (SSSR count). The van der Waals surface area contributed by atoms with Gasteiger partial charge in [-0.1, -0.05) is 11.6 Å². The Morgan fingerprint density at radius 3 is 2.71 bits per heavy atom. The van der Waals surface area contributed by atoms with Crippen LogP contribution in [-0.2, 0) is 4.79 Å². The number of hydrogen-bond donors (Lipinski definition) is 1. The first kappa shape index (κ1) is 20.8. The number of amidine groups is 2. The molecule has 9 nitrogen and oxygen atoms in total. The third-order valence-electron chi connectivity index (χ3n) is 4.04. The molecule has 0 aliphatic carbocycles. The van der Waals surface area contributed by atoms with Crippen molar-refractivity contribution < 1.29 is 27.3 Å². The number of thioether (sulfide) groups is 1. The highest BCUT2D eigenvalue weighted by molar-refractivity contribution is 8.27. The number of nitro benzene ring substituents is 1. The lowest BCUT2D eigenvalue weighted by molar-refractivity contribution is -0.384. The predicted octanol–water partition coefficient (Wildman–Crippen LogP) is 4.69. The van der Waals surface area contributed by atoms with Gasteiger partial charge in [0.1, 0.15) is 16.5 Å².